The molecule has 0 spiro atoms. The average molecular weight is 254 g/mol. The summed E-state index contributed by atoms with van der Waals surface area (Å²) in [6, 6.07) is 0.0727. The predicted octanol–water partition coefficient (Wildman–Crippen LogP) is 2.37. The Hall–Kier alpha value is -0.330. The van der Waals surface area contributed by atoms with Gasteiger partial charge in [0.2, 0.25) is 0 Å². The maximum atomic E-state index is 11.9. The topological polar surface area (TPSA) is 47.3 Å². The molecule has 1 aliphatic rings. The second-order valence-electron chi connectivity index (χ2n) is 4.63. The van der Waals surface area contributed by atoms with Crippen molar-refractivity contribution in [2.45, 2.75) is 50.7 Å². The fraction of sp³-hybridized carbons (Fsp3) is 1.00. The van der Waals surface area contributed by atoms with Gasteiger partial charge in [-0.15, -0.1) is 0 Å². The van der Waals surface area contributed by atoms with Gasteiger partial charge in [-0.25, -0.2) is 0 Å². The summed E-state index contributed by atoms with van der Waals surface area (Å²) in [4.78, 5) is 0. The Morgan fingerprint density at radius 3 is 2.41 bits per heavy atom. The lowest BCUT2D eigenvalue weighted by atomic mass is 9.83. The Labute approximate surface area is 99.9 Å². The fourth-order valence-corrected chi connectivity index (χ4v) is 2.39. The summed E-state index contributed by atoms with van der Waals surface area (Å²) in [6.45, 7) is -1.07. The second kappa shape index (κ2) is 7.18. The van der Waals surface area contributed by atoms with Crippen LogP contribution in [0.2, 0.25) is 0 Å². The average Bonchev–Trinajstić information content (AvgIpc) is 2.29. The molecule has 0 radical (unpaired) electrons. The minimum Gasteiger partial charge on any atom is -0.372 e. The summed E-state index contributed by atoms with van der Waals surface area (Å²) in [5.41, 5.74) is 2.71. The van der Waals surface area contributed by atoms with Crippen LogP contribution in [0, 0.1) is 5.92 Å². The van der Waals surface area contributed by atoms with Gasteiger partial charge in [-0.1, -0.05) is 19.3 Å². The van der Waals surface area contributed by atoms with Crippen LogP contribution in [0.25, 0.3) is 0 Å². The Bertz CT molecular complexity index is 205. The molecule has 1 rings (SSSR count). The maximum absolute atomic E-state index is 11.9. The maximum Gasteiger partial charge on any atom is 0.411 e. The van der Waals surface area contributed by atoms with Gasteiger partial charge in [0.05, 0.1) is 0 Å². The van der Waals surface area contributed by atoms with E-state index in [1.807, 2.05) is 0 Å². The molecule has 0 bridgehead atoms. The van der Waals surface area contributed by atoms with Gasteiger partial charge in [-0.05, 0) is 25.2 Å². The molecule has 1 atom stereocenters. The predicted molar refractivity (Wildman–Crippen MR) is 59.2 cm³/mol. The number of hydrogen-bond acceptors (Lipinski definition) is 3. The molecule has 1 saturated carbocycles. The number of halogens is 3. The third kappa shape index (κ3) is 6.24. The normalized spacial score (nSPS) is 20.5. The molecule has 102 valence electrons. The minimum atomic E-state index is -4.24. The highest BCUT2D eigenvalue weighted by Crippen LogP contribution is 2.27. The van der Waals surface area contributed by atoms with Gasteiger partial charge in [0.25, 0.3) is 0 Å². The largest absolute Gasteiger partial charge is 0.411 e. The molecular formula is C11H21F3N2O. The molecule has 0 aromatic heterocycles. The summed E-state index contributed by atoms with van der Waals surface area (Å²) >= 11 is 0. The Morgan fingerprint density at radius 2 is 1.88 bits per heavy atom. The molecule has 1 fully saturated rings. The number of nitrogens with one attached hydrogen (secondary N) is 1. The van der Waals surface area contributed by atoms with Crippen molar-refractivity contribution in [3.8, 4) is 0 Å². The Balaban J connectivity index is 2.18. The van der Waals surface area contributed by atoms with Crippen molar-refractivity contribution in [2.24, 2.45) is 11.8 Å². The van der Waals surface area contributed by atoms with E-state index in [1.54, 1.807) is 0 Å². The molecular weight excluding hydrogens is 233 g/mol. The van der Waals surface area contributed by atoms with Crippen LogP contribution in [0.3, 0.4) is 0 Å². The molecule has 17 heavy (non-hydrogen) atoms. The van der Waals surface area contributed by atoms with Crippen LogP contribution in [0.15, 0.2) is 0 Å². The third-order valence-electron chi connectivity index (χ3n) is 3.27. The van der Waals surface area contributed by atoms with Crippen LogP contribution in [0.4, 0.5) is 13.2 Å². The third-order valence-corrected chi connectivity index (χ3v) is 3.27. The number of alkyl halides is 3. The standard InChI is InChI=1S/C11H21F3N2O/c12-11(13,14)8-17-7-6-10(16-15)9-4-2-1-3-5-9/h9-10,16H,1-8,15H2. The van der Waals surface area contributed by atoms with Crippen molar-refractivity contribution in [3.63, 3.8) is 0 Å². The Kier molecular flexibility index (Phi) is 6.22. The number of nitrogens with two attached hydrogens (primary N) is 1. The molecule has 3 N–H and O–H groups in total. The van der Waals surface area contributed by atoms with Gasteiger partial charge in [-0.2, -0.15) is 13.2 Å². The summed E-state index contributed by atoms with van der Waals surface area (Å²) in [5, 5.41) is 0. The van der Waals surface area contributed by atoms with E-state index in [1.165, 1.54) is 19.3 Å². The SMILES string of the molecule is NNC(CCOCC(F)(F)F)C1CCCCC1. The molecule has 0 aliphatic heterocycles. The minimum absolute atomic E-state index is 0.0727. The van der Waals surface area contributed by atoms with Crippen molar-refractivity contribution >= 4 is 0 Å². The lowest BCUT2D eigenvalue weighted by Gasteiger charge is -2.29. The van der Waals surface area contributed by atoms with E-state index in [4.69, 9.17) is 5.84 Å². The molecule has 0 heterocycles. The molecule has 0 saturated heterocycles. The zero-order valence-corrected chi connectivity index (χ0v) is 9.93. The lowest BCUT2D eigenvalue weighted by molar-refractivity contribution is -0.174. The first-order valence-electron chi connectivity index (χ1n) is 6.13. The molecule has 1 aliphatic carbocycles. The second-order valence-corrected chi connectivity index (χ2v) is 4.63. The fourth-order valence-electron chi connectivity index (χ4n) is 2.39. The Morgan fingerprint density at radius 1 is 1.24 bits per heavy atom. The number of hydrogen-bond donors (Lipinski definition) is 2. The van der Waals surface area contributed by atoms with E-state index in [-0.39, 0.29) is 12.6 Å². The van der Waals surface area contributed by atoms with Gasteiger partial charge < -0.3 is 4.74 Å². The van der Waals surface area contributed by atoms with Crippen LogP contribution in [-0.2, 0) is 4.74 Å². The van der Waals surface area contributed by atoms with Crippen molar-refractivity contribution in [2.75, 3.05) is 13.2 Å². The zero-order chi connectivity index (χ0) is 12.7. The molecule has 6 heteroatoms. The van der Waals surface area contributed by atoms with E-state index in [0.717, 1.165) is 12.8 Å². The number of rotatable bonds is 6. The van der Waals surface area contributed by atoms with Crippen LogP contribution < -0.4 is 11.3 Å². The lowest BCUT2D eigenvalue weighted by Crippen LogP contribution is -2.42. The van der Waals surface area contributed by atoms with Crippen LogP contribution in [0.1, 0.15) is 38.5 Å². The molecule has 0 amide bonds. The monoisotopic (exact) mass is 254 g/mol. The first kappa shape index (κ1) is 14.7. The highest BCUT2D eigenvalue weighted by atomic mass is 19.4. The van der Waals surface area contributed by atoms with E-state index in [0.29, 0.717) is 12.3 Å². The van der Waals surface area contributed by atoms with Crippen molar-refractivity contribution < 1.29 is 17.9 Å². The molecule has 1 unspecified atom stereocenters. The quantitative estimate of drug-likeness (QED) is 0.434. The first-order chi connectivity index (χ1) is 8.03. The summed E-state index contributed by atoms with van der Waals surface area (Å²) in [6.07, 6.45) is 2.13. The first-order valence-corrected chi connectivity index (χ1v) is 6.13. The van der Waals surface area contributed by atoms with Crippen molar-refractivity contribution in [1.82, 2.24) is 5.43 Å². The number of ether oxygens (including phenoxy) is 1. The van der Waals surface area contributed by atoms with E-state index in [9.17, 15) is 13.2 Å². The van der Waals surface area contributed by atoms with Crippen LogP contribution >= 0.6 is 0 Å². The zero-order valence-electron chi connectivity index (χ0n) is 9.93. The van der Waals surface area contributed by atoms with Gasteiger partial charge in [0.15, 0.2) is 0 Å². The van der Waals surface area contributed by atoms with Gasteiger partial charge >= 0.3 is 6.18 Å². The smallest absolute Gasteiger partial charge is 0.372 e. The molecule has 0 aromatic carbocycles. The van der Waals surface area contributed by atoms with Gasteiger partial charge in [0, 0.05) is 12.6 Å². The van der Waals surface area contributed by atoms with Gasteiger partial charge in [-0.3, -0.25) is 11.3 Å². The van der Waals surface area contributed by atoms with Gasteiger partial charge in [0.1, 0.15) is 6.61 Å². The highest BCUT2D eigenvalue weighted by Gasteiger charge is 2.28. The summed E-state index contributed by atoms with van der Waals surface area (Å²) < 4.78 is 40.2. The summed E-state index contributed by atoms with van der Waals surface area (Å²) in [7, 11) is 0. The van der Waals surface area contributed by atoms with Crippen molar-refractivity contribution in [3.05, 3.63) is 0 Å². The van der Waals surface area contributed by atoms with Crippen molar-refractivity contribution in [1.29, 1.82) is 0 Å². The summed E-state index contributed by atoms with van der Waals surface area (Å²) in [5.74, 6) is 5.92. The van der Waals surface area contributed by atoms with E-state index < -0.39 is 12.8 Å². The molecule has 3 nitrogen and oxygen atoms in total. The highest BCUT2D eigenvalue weighted by molar-refractivity contribution is 4.77. The van der Waals surface area contributed by atoms with E-state index >= 15 is 0 Å². The van der Waals surface area contributed by atoms with Crippen LogP contribution in [0.5, 0.6) is 0 Å². The molecule has 0 aromatic rings. The van der Waals surface area contributed by atoms with Crippen LogP contribution in [-0.4, -0.2) is 25.4 Å². The number of hydrazine groups is 1. The van der Waals surface area contributed by atoms with E-state index in [2.05, 4.69) is 10.2 Å².